The molecule has 0 bridgehead atoms. The lowest BCUT2D eigenvalue weighted by molar-refractivity contribution is -0.119. The number of cyclic esters (lactones) is 1. The van der Waals surface area contributed by atoms with Crippen LogP contribution < -0.4 is 24.4 Å². The number of rotatable bonds is 5. The Morgan fingerprint density at radius 2 is 2.17 bits per heavy atom. The predicted octanol–water partition coefficient (Wildman–Crippen LogP) is 1.38. The first-order valence-electron chi connectivity index (χ1n) is 8.98. The second kappa shape index (κ2) is 7.46. The number of hydrogen-bond acceptors (Lipinski definition) is 8. The van der Waals surface area contributed by atoms with Crippen LogP contribution in [0.2, 0.25) is 0 Å². The molecule has 2 aliphatic rings. The van der Waals surface area contributed by atoms with Crippen LogP contribution in [0.15, 0.2) is 24.4 Å². The average Bonchev–Trinajstić information content (AvgIpc) is 3.07. The number of nitrogens with zero attached hydrogens (tertiary/aromatic N) is 3. The Labute approximate surface area is 166 Å². The van der Waals surface area contributed by atoms with Crippen LogP contribution in [0.3, 0.4) is 0 Å². The zero-order chi connectivity index (χ0) is 20.5. The first kappa shape index (κ1) is 18.8. The minimum absolute atomic E-state index is 0.183. The van der Waals surface area contributed by atoms with Crippen LogP contribution in [-0.4, -0.2) is 61.5 Å². The molecule has 10 heteroatoms. The highest BCUT2D eigenvalue weighted by Crippen LogP contribution is 2.42. The van der Waals surface area contributed by atoms with Crippen molar-refractivity contribution >= 4 is 17.7 Å². The summed E-state index contributed by atoms with van der Waals surface area (Å²) in [7, 11) is 2.99. The summed E-state index contributed by atoms with van der Waals surface area (Å²) >= 11 is 0. The Bertz CT molecular complexity index is 966. The molecule has 152 valence electrons. The number of carbonyl (C=O) groups is 2. The van der Waals surface area contributed by atoms with Crippen molar-refractivity contribution in [1.82, 2.24) is 15.3 Å². The summed E-state index contributed by atoms with van der Waals surface area (Å²) in [6.07, 6.45) is 0.660. The predicted molar refractivity (Wildman–Crippen MR) is 101 cm³/mol. The number of fused-ring (bicyclic) bond motifs is 3. The van der Waals surface area contributed by atoms with Gasteiger partial charge in [0.15, 0.2) is 0 Å². The summed E-state index contributed by atoms with van der Waals surface area (Å²) in [6.45, 7) is 1.90. The van der Waals surface area contributed by atoms with Crippen LogP contribution in [-0.2, 0) is 9.53 Å². The van der Waals surface area contributed by atoms with E-state index in [-0.39, 0.29) is 31.1 Å². The van der Waals surface area contributed by atoms with E-state index in [1.165, 1.54) is 21.1 Å². The van der Waals surface area contributed by atoms with Gasteiger partial charge in [-0.1, -0.05) is 6.07 Å². The minimum atomic E-state index is -0.477. The van der Waals surface area contributed by atoms with E-state index in [0.717, 1.165) is 5.56 Å². The summed E-state index contributed by atoms with van der Waals surface area (Å²) in [6, 6.07) is 5.29. The maximum absolute atomic E-state index is 12.4. The number of methoxy groups -OCH3 is 2. The molecule has 2 aromatic rings. The van der Waals surface area contributed by atoms with Gasteiger partial charge in [0.1, 0.15) is 24.5 Å². The zero-order valence-corrected chi connectivity index (χ0v) is 16.2. The Morgan fingerprint density at radius 3 is 2.90 bits per heavy atom. The van der Waals surface area contributed by atoms with Crippen LogP contribution in [0.25, 0.3) is 11.1 Å². The molecule has 1 aromatic heterocycles. The topological polar surface area (TPSA) is 112 Å². The number of aromatic nitrogens is 2. The number of carbonyl (C=O) groups excluding carboxylic acids is 2. The Balaban J connectivity index is 1.64. The number of hydrogen-bond donors (Lipinski definition) is 1. The molecule has 2 aliphatic heterocycles. The molecular weight excluding hydrogens is 380 g/mol. The molecule has 0 spiro atoms. The first-order valence-corrected chi connectivity index (χ1v) is 8.98. The fraction of sp³-hybridized carbons (Fsp3) is 0.368. The van der Waals surface area contributed by atoms with Gasteiger partial charge in [-0.25, -0.2) is 9.78 Å². The molecule has 0 radical (unpaired) electrons. The highest BCUT2D eigenvalue weighted by Gasteiger charge is 2.46. The molecule has 10 nitrogen and oxygen atoms in total. The summed E-state index contributed by atoms with van der Waals surface area (Å²) in [5.74, 6) is 0.715. The van der Waals surface area contributed by atoms with Gasteiger partial charge in [0.05, 0.1) is 32.0 Å². The lowest BCUT2D eigenvalue weighted by Crippen LogP contribution is -2.47. The zero-order valence-electron chi connectivity index (χ0n) is 16.2. The molecule has 0 saturated carbocycles. The monoisotopic (exact) mass is 400 g/mol. The van der Waals surface area contributed by atoms with Gasteiger partial charge in [0.2, 0.25) is 11.8 Å². The van der Waals surface area contributed by atoms with Crippen LogP contribution in [0, 0.1) is 0 Å². The van der Waals surface area contributed by atoms with Crippen molar-refractivity contribution in [3.63, 3.8) is 0 Å². The maximum atomic E-state index is 12.4. The van der Waals surface area contributed by atoms with Gasteiger partial charge in [-0.2, -0.15) is 4.98 Å². The van der Waals surface area contributed by atoms with E-state index in [2.05, 4.69) is 15.3 Å². The minimum Gasteiger partial charge on any atom is -0.489 e. The number of amides is 2. The third kappa shape index (κ3) is 3.37. The smallest absolute Gasteiger partial charge is 0.415 e. The van der Waals surface area contributed by atoms with E-state index in [1.807, 2.05) is 6.07 Å². The lowest BCUT2D eigenvalue weighted by Gasteiger charge is -2.31. The Kier molecular flexibility index (Phi) is 4.83. The van der Waals surface area contributed by atoms with Gasteiger partial charge >= 0.3 is 12.1 Å². The molecule has 1 aromatic carbocycles. The van der Waals surface area contributed by atoms with Crippen molar-refractivity contribution in [2.45, 2.75) is 19.1 Å². The molecule has 29 heavy (non-hydrogen) atoms. The van der Waals surface area contributed by atoms with Crippen molar-refractivity contribution in [3.8, 4) is 28.8 Å². The van der Waals surface area contributed by atoms with Crippen LogP contribution in [0.4, 0.5) is 10.5 Å². The van der Waals surface area contributed by atoms with E-state index in [9.17, 15) is 9.59 Å². The van der Waals surface area contributed by atoms with Crippen molar-refractivity contribution in [2.75, 3.05) is 32.3 Å². The highest BCUT2D eigenvalue weighted by atomic mass is 16.6. The second-order valence-electron chi connectivity index (χ2n) is 6.57. The third-order valence-electron chi connectivity index (χ3n) is 4.81. The molecule has 0 unspecified atom stereocenters. The SMILES string of the molecule is COc1ncc(-c2ccc3c(c2)OC[C@H]2[C@H](CNC(C)=O)OC(=O)N32)c(OC)n1. The summed E-state index contributed by atoms with van der Waals surface area (Å²) in [4.78, 5) is 33.5. The van der Waals surface area contributed by atoms with Crippen molar-refractivity contribution in [3.05, 3.63) is 24.4 Å². The largest absolute Gasteiger partial charge is 0.489 e. The Morgan fingerprint density at radius 1 is 1.34 bits per heavy atom. The standard InChI is InChI=1S/C19H20N4O6/c1-10(24)20-8-16-14-9-28-15-6-11(4-5-13(15)23(14)19(25)29-16)12-7-21-18(27-3)22-17(12)26-2/h4-7,14,16H,8-9H2,1-3H3,(H,20,24)/t14-,16-/m0/s1. The van der Waals surface area contributed by atoms with Crippen molar-refractivity contribution < 1.29 is 28.5 Å². The lowest BCUT2D eigenvalue weighted by atomic mass is 10.0. The summed E-state index contributed by atoms with van der Waals surface area (Å²) in [5.41, 5.74) is 2.03. The van der Waals surface area contributed by atoms with E-state index < -0.39 is 12.2 Å². The molecular formula is C19H20N4O6. The molecule has 4 rings (SSSR count). The average molecular weight is 400 g/mol. The van der Waals surface area contributed by atoms with E-state index >= 15 is 0 Å². The van der Waals surface area contributed by atoms with Gasteiger partial charge in [0.25, 0.3) is 0 Å². The number of anilines is 1. The van der Waals surface area contributed by atoms with Crippen LogP contribution in [0.1, 0.15) is 6.92 Å². The number of benzene rings is 1. The number of ether oxygens (including phenoxy) is 4. The van der Waals surface area contributed by atoms with Gasteiger partial charge in [0, 0.05) is 13.1 Å². The normalized spacial score (nSPS) is 19.6. The molecule has 2 atom stereocenters. The fourth-order valence-corrected chi connectivity index (χ4v) is 3.42. The molecule has 1 N–H and O–H groups in total. The fourth-order valence-electron chi connectivity index (χ4n) is 3.42. The van der Waals surface area contributed by atoms with Crippen molar-refractivity contribution in [2.24, 2.45) is 0 Å². The van der Waals surface area contributed by atoms with Gasteiger partial charge < -0.3 is 24.3 Å². The Hall–Kier alpha value is -3.56. The third-order valence-corrected chi connectivity index (χ3v) is 4.81. The van der Waals surface area contributed by atoms with E-state index in [4.69, 9.17) is 18.9 Å². The van der Waals surface area contributed by atoms with E-state index in [0.29, 0.717) is 22.9 Å². The molecule has 2 amide bonds. The summed E-state index contributed by atoms with van der Waals surface area (Å²) < 4.78 is 21.7. The summed E-state index contributed by atoms with van der Waals surface area (Å²) in [5, 5.41) is 2.68. The molecule has 1 saturated heterocycles. The molecule has 0 aliphatic carbocycles. The molecule has 1 fully saturated rings. The quantitative estimate of drug-likeness (QED) is 0.801. The first-order chi connectivity index (χ1) is 14.0. The van der Waals surface area contributed by atoms with Crippen molar-refractivity contribution in [1.29, 1.82) is 0 Å². The van der Waals surface area contributed by atoms with Gasteiger partial charge in [-0.15, -0.1) is 0 Å². The van der Waals surface area contributed by atoms with Gasteiger partial charge in [-0.3, -0.25) is 9.69 Å². The van der Waals surface area contributed by atoms with E-state index in [1.54, 1.807) is 23.2 Å². The van der Waals surface area contributed by atoms with Crippen LogP contribution in [0.5, 0.6) is 17.6 Å². The number of nitrogens with one attached hydrogen (secondary N) is 1. The highest BCUT2D eigenvalue weighted by molar-refractivity contribution is 5.94. The maximum Gasteiger partial charge on any atom is 0.415 e. The second-order valence-corrected chi connectivity index (χ2v) is 6.57. The van der Waals surface area contributed by atoms with Crippen LogP contribution >= 0.6 is 0 Å². The molecule has 3 heterocycles. The van der Waals surface area contributed by atoms with Gasteiger partial charge in [-0.05, 0) is 17.7 Å².